The van der Waals surface area contributed by atoms with Crippen molar-refractivity contribution < 1.29 is 22.7 Å². The number of aryl methyl sites for hydroxylation is 1. The molecular formula is C29H40N6O5S. The maximum Gasteiger partial charge on any atom is 0.273 e. The highest BCUT2D eigenvalue weighted by atomic mass is 32.2. The van der Waals surface area contributed by atoms with Crippen LogP contribution in [-0.2, 0) is 15.4 Å². The molecule has 222 valence electrons. The van der Waals surface area contributed by atoms with Gasteiger partial charge >= 0.3 is 0 Å². The van der Waals surface area contributed by atoms with Crippen molar-refractivity contribution in [3.63, 3.8) is 0 Å². The number of nitrogens with zero attached hydrogens (tertiary/aromatic N) is 3. The van der Waals surface area contributed by atoms with Gasteiger partial charge in [-0.2, -0.15) is 0 Å². The molecule has 0 saturated carbocycles. The van der Waals surface area contributed by atoms with Crippen LogP contribution >= 0.6 is 0 Å². The van der Waals surface area contributed by atoms with Gasteiger partial charge in [-0.3, -0.25) is 14.3 Å². The lowest BCUT2D eigenvalue weighted by Gasteiger charge is -2.27. The van der Waals surface area contributed by atoms with E-state index in [-0.39, 0.29) is 39.9 Å². The molecule has 3 aromatic rings. The Bertz CT molecular complexity index is 1570. The van der Waals surface area contributed by atoms with Crippen LogP contribution in [0.4, 0.5) is 11.4 Å². The zero-order valence-corrected chi connectivity index (χ0v) is 26.1. The highest BCUT2D eigenvalue weighted by molar-refractivity contribution is 7.92. The lowest BCUT2D eigenvalue weighted by atomic mass is 9.86. The van der Waals surface area contributed by atoms with Crippen LogP contribution in [0.25, 0.3) is 5.69 Å². The highest BCUT2D eigenvalue weighted by Crippen LogP contribution is 2.39. The molecule has 0 radical (unpaired) electrons. The van der Waals surface area contributed by atoms with Crippen LogP contribution in [0.1, 0.15) is 80.4 Å². The molecule has 0 saturated heterocycles. The number of benzene rings is 2. The largest absolute Gasteiger partial charge is 0.492 e. The minimum atomic E-state index is -3.62. The molecule has 2 amide bonds. The number of methoxy groups -OCH3 is 1. The molecule has 1 heterocycles. The van der Waals surface area contributed by atoms with E-state index in [1.807, 2.05) is 55.4 Å². The van der Waals surface area contributed by atoms with Gasteiger partial charge in [-0.25, -0.2) is 13.1 Å². The summed E-state index contributed by atoms with van der Waals surface area (Å²) < 4.78 is 33.5. The number of nitrogens with one attached hydrogen (secondary N) is 3. The van der Waals surface area contributed by atoms with Crippen molar-refractivity contribution >= 4 is 33.2 Å². The molecule has 2 aromatic carbocycles. The van der Waals surface area contributed by atoms with Crippen molar-refractivity contribution in [2.45, 2.75) is 66.8 Å². The van der Waals surface area contributed by atoms with E-state index in [2.05, 4.69) is 25.7 Å². The van der Waals surface area contributed by atoms with Gasteiger partial charge in [0.1, 0.15) is 0 Å². The van der Waals surface area contributed by atoms with Crippen LogP contribution in [0.15, 0.2) is 36.5 Å². The Morgan fingerprint density at radius 1 is 1.00 bits per heavy atom. The Balaban J connectivity index is 1.95. The van der Waals surface area contributed by atoms with Crippen molar-refractivity contribution in [3.05, 3.63) is 58.9 Å². The van der Waals surface area contributed by atoms with Crippen molar-refractivity contribution in [2.75, 3.05) is 23.4 Å². The van der Waals surface area contributed by atoms with Gasteiger partial charge in [0.15, 0.2) is 11.4 Å². The van der Waals surface area contributed by atoms with Gasteiger partial charge in [-0.15, -0.1) is 5.10 Å². The Kier molecular flexibility index (Phi) is 8.87. The highest BCUT2D eigenvalue weighted by Gasteiger charge is 2.25. The van der Waals surface area contributed by atoms with Gasteiger partial charge < -0.3 is 15.4 Å². The monoisotopic (exact) mass is 584 g/mol. The quantitative estimate of drug-likeness (QED) is 0.349. The van der Waals surface area contributed by atoms with E-state index in [0.29, 0.717) is 16.9 Å². The fourth-order valence-corrected chi connectivity index (χ4v) is 4.37. The number of ether oxygens (including phenoxy) is 1. The van der Waals surface area contributed by atoms with E-state index in [1.54, 1.807) is 30.3 Å². The van der Waals surface area contributed by atoms with Crippen molar-refractivity contribution in [3.8, 4) is 11.4 Å². The van der Waals surface area contributed by atoms with Gasteiger partial charge in [-0.05, 0) is 60.1 Å². The molecule has 41 heavy (non-hydrogen) atoms. The van der Waals surface area contributed by atoms with Gasteiger partial charge in [0.05, 0.1) is 36.6 Å². The third-order valence-corrected chi connectivity index (χ3v) is 7.38. The molecule has 12 heteroatoms. The second-order valence-electron chi connectivity index (χ2n) is 12.3. The van der Waals surface area contributed by atoms with Crippen LogP contribution in [0.3, 0.4) is 0 Å². The zero-order chi connectivity index (χ0) is 30.9. The molecular weight excluding hydrogens is 544 g/mol. The van der Waals surface area contributed by atoms with Gasteiger partial charge in [0.2, 0.25) is 10.0 Å². The minimum Gasteiger partial charge on any atom is -0.492 e. The smallest absolute Gasteiger partial charge is 0.273 e. The second-order valence-corrected chi connectivity index (χ2v) is 14.0. The average Bonchev–Trinajstić information content (AvgIpc) is 3.32. The number of amides is 2. The first-order valence-electron chi connectivity index (χ1n) is 13.2. The van der Waals surface area contributed by atoms with Crippen LogP contribution in [-0.4, -0.2) is 54.6 Å². The van der Waals surface area contributed by atoms with Crippen LogP contribution < -0.4 is 20.1 Å². The first-order valence-corrected chi connectivity index (χ1v) is 15.0. The molecule has 0 aliphatic rings. The van der Waals surface area contributed by atoms with Gasteiger partial charge in [0.25, 0.3) is 11.8 Å². The normalized spacial score (nSPS) is 12.9. The van der Waals surface area contributed by atoms with Crippen molar-refractivity contribution in [1.82, 2.24) is 20.3 Å². The summed E-state index contributed by atoms with van der Waals surface area (Å²) in [6.07, 6.45) is 2.57. The molecule has 11 nitrogen and oxygen atoms in total. The maximum atomic E-state index is 13.4. The summed E-state index contributed by atoms with van der Waals surface area (Å²) in [7, 11) is -2.21. The molecule has 0 unspecified atom stereocenters. The second kappa shape index (κ2) is 11.5. The standard InChI is InChI=1S/C29H40N6O5S/c1-17-11-12-19(13-24(17)35-16-23(32-34-35)27(37)30-18(2)28(3,4)5)26(36)31-21-14-20(29(6,7)8)15-22(25(21)40-9)33-41(10,38)39/h11-16,18,33H,1-10H3,(H,30,37)(H,31,36)/t18-/m0/s1. The molecule has 0 aliphatic carbocycles. The summed E-state index contributed by atoms with van der Waals surface area (Å²) >= 11 is 0. The van der Waals surface area contributed by atoms with Gasteiger partial charge in [-0.1, -0.05) is 52.8 Å². The summed E-state index contributed by atoms with van der Waals surface area (Å²) in [5.41, 5.74) is 2.70. The lowest BCUT2D eigenvalue weighted by molar-refractivity contribution is 0.0904. The van der Waals surface area contributed by atoms with Crippen molar-refractivity contribution in [2.24, 2.45) is 5.41 Å². The van der Waals surface area contributed by atoms with E-state index in [4.69, 9.17) is 4.74 Å². The third-order valence-electron chi connectivity index (χ3n) is 6.79. The first kappa shape index (κ1) is 31.6. The molecule has 0 spiro atoms. The fourth-order valence-electron chi connectivity index (χ4n) is 3.81. The number of rotatable bonds is 8. The number of anilines is 2. The predicted octanol–water partition coefficient (Wildman–Crippen LogP) is 4.67. The number of hydrogen-bond acceptors (Lipinski definition) is 7. The van der Waals surface area contributed by atoms with E-state index < -0.39 is 15.9 Å². The topological polar surface area (TPSA) is 144 Å². The summed E-state index contributed by atoms with van der Waals surface area (Å²) in [5, 5.41) is 14.0. The molecule has 0 aliphatic heterocycles. The summed E-state index contributed by atoms with van der Waals surface area (Å²) in [6, 6.07) is 8.46. The third kappa shape index (κ3) is 7.84. The molecule has 0 fully saturated rings. The molecule has 3 N–H and O–H groups in total. The van der Waals surface area contributed by atoms with E-state index in [9.17, 15) is 18.0 Å². The number of hydrogen-bond donors (Lipinski definition) is 3. The van der Waals surface area contributed by atoms with E-state index in [0.717, 1.165) is 17.4 Å². The molecule has 1 aromatic heterocycles. The Morgan fingerprint density at radius 3 is 2.20 bits per heavy atom. The number of sulfonamides is 1. The van der Waals surface area contributed by atoms with Crippen molar-refractivity contribution in [1.29, 1.82) is 0 Å². The molecule has 1 atom stereocenters. The lowest BCUT2D eigenvalue weighted by Crippen LogP contribution is -2.41. The van der Waals surface area contributed by atoms with E-state index in [1.165, 1.54) is 18.0 Å². The van der Waals surface area contributed by atoms with Crippen LogP contribution in [0, 0.1) is 12.3 Å². The number of carbonyl (C=O) groups excluding carboxylic acids is 2. The van der Waals surface area contributed by atoms with Gasteiger partial charge in [0, 0.05) is 11.6 Å². The maximum absolute atomic E-state index is 13.4. The molecule has 3 rings (SSSR count). The zero-order valence-electron chi connectivity index (χ0n) is 25.3. The predicted molar refractivity (Wildman–Crippen MR) is 161 cm³/mol. The summed E-state index contributed by atoms with van der Waals surface area (Å²) in [6.45, 7) is 15.8. The number of carbonyl (C=O) groups is 2. The fraction of sp³-hybridized carbons (Fsp3) is 0.448. The summed E-state index contributed by atoms with van der Waals surface area (Å²) in [5.74, 6) is -0.604. The summed E-state index contributed by atoms with van der Waals surface area (Å²) in [4.78, 5) is 26.2. The SMILES string of the molecule is COc1c(NC(=O)c2ccc(C)c(-n3cc(C(=O)N[C@@H](C)C(C)(C)C)nn3)c2)cc(C(C)(C)C)cc1NS(C)(=O)=O. The van der Waals surface area contributed by atoms with E-state index >= 15 is 0 Å². The first-order chi connectivity index (χ1) is 18.8. The number of aromatic nitrogens is 3. The Hall–Kier alpha value is -3.93. The Morgan fingerprint density at radius 2 is 1.63 bits per heavy atom. The van der Waals surface area contributed by atoms with Crippen LogP contribution in [0.5, 0.6) is 5.75 Å². The average molecular weight is 585 g/mol. The Labute approximate surface area is 242 Å². The van der Waals surface area contributed by atoms with Crippen LogP contribution in [0.2, 0.25) is 0 Å². The minimum absolute atomic E-state index is 0.0872. The molecule has 0 bridgehead atoms.